The highest BCUT2D eigenvalue weighted by atomic mass is 16.4. The van der Waals surface area contributed by atoms with Crippen LogP contribution in [0.2, 0.25) is 0 Å². The molecule has 0 aromatic rings. The Balaban J connectivity index is 2.77. The van der Waals surface area contributed by atoms with E-state index < -0.39 is 23.8 Å². The van der Waals surface area contributed by atoms with Crippen LogP contribution in [-0.4, -0.2) is 22.2 Å². The van der Waals surface area contributed by atoms with Crippen LogP contribution in [0.5, 0.6) is 0 Å². The fourth-order valence-electron chi connectivity index (χ4n) is 5.13. The number of carboxylic acids is 2. The molecule has 1 rings (SSSR count). The maximum Gasteiger partial charge on any atom is 0.307 e. The van der Waals surface area contributed by atoms with Crippen LogP contribution in [0, 0.1) is 17.8 Å². The van der Waals surface area contributed by atoms with E-state index in [0.717, 1.165) is 68.9 Å². The van der Waals surface area contributed by atoms with Gasteiger partial charge in [-0.25, -0.2) is 0 Å². The number of carbonyl (C=O) groups is 2. The minimum Gasteiger partial charge on any atom is -0.481 e. The molecule has 0 spiro atoms. The molecule has 3 atom stereocenters. The Bertz CT molecular complexity index is 949. The summed E-state index contributed by atoms with van der Waals surface area (Å²) in [6, 6.07) is 0. The average molecular weight is 525 g/mol. The molecule has 38 heavy (non-hydrogen) atoms. The molecule has 0 fully saturated rings. The Morgan fingerprint density at radius 1 is 0.789 bits per heavy atom. The monoisotopic (exact) mass is 524 g/mol. The summed E-state index contributed by atoms with van der Waals surface area (Å²) in [6.45, 7) is 17.0. The van der Waals surface area contributed by atoms with E-state index in [1.54, 1.807) is 0 Å². The van der Waals surface area contributed by atoms with Gasteiger partial charge in [-0.2, -0.15) is 0 Å². The Hall–Kier alpha value is -2.62. The van der Waals surface area contributed by atoms with Crippen LogP contribution in [0.4, 0.5) is 0 Å². The third-order valence-electron chi connectivity index (χ3n) is 7.39. The first kappa shape index (κ1) is 33.4. The SMILES string of the molecule is C=C(CC/C=C(\C)CCC=C(C)C)CCC1C=C(CC/C=C(\C)CCC=C(C)C)CC(C(=O)O)C1C(=O)O. The zero-order valence-electron chi connectivity index (χ0n) is 24.8. The summed E-state index contributed by atoms with van der Waals surface area (Å²) < 4.78 is 0. The van der Waals surface area contributed by atoms with Crippen LogP contribution in [0.1, 0.15) is 112 Å². The molecule has 0 bridgehead atoms. The van der Waals surface area contributed by atoms with E-state index in [0.29, 0.717) is 12.8 Å². The largest absolute Gasteiger partial charge is 0.481 e. The van der Waals surface area contributed by atoms with E-state index >= 15 is 0 Å². The second-order valence-electron chi connectivity index (χ2n) is 11.6. The van der Waals surface area contributed by atoms with Crippen molar-refractivity contribution in [3.63, 3.8) is 0 Å². The van der Waals surface area contributed by atoms with E-state index in [2.05, 4.69) is 78.5 Å². The minimum atomic E-state index is -1.01. The fraction of sp³-hybridized carbons (Fsp3) is 0.588. The first-order valence-corrected chi connectivity index (χ1v) is 14.3. The average Bonchev–Trinajstić information content (AvgIpc) is 2.81. The van der Waals surface area contributed by atoms with Crippen molar-refractivity contribution >= 4 is 11.9 Å². The molecule has 0 saturated heterocycles. The van der Waals surface area contributed by atoms with Gasteiger partial charge in [0.15, 0.2) is 0 Å². The predicted octanol–water partition coefficient (Wildman–Crippen LogP) is 9.62. The van der Waals surface area contributed by atoms with Gasteiger partial charge in [-0.1, -0.05) is 70.4 Å². The van der Waals surface area contributed by atoms with Crippen molar-refractivity contribution in [1.29, 1.82) is 0 Å². The summed E-state index contributed by atoms with van der Waals surface area (Å²) in [4.78, 5) is 24.2. The van der Waals surface area contributed by atoms with Gasteiger partial charge in [0.25, 0.3) is 0 Å². The summed E-state index contributed by atoms with van der Waals surface area (Å²) in [5.41, 5.74) is 7.57. The van der Waals surface area contributed by atoms with Gasteiger partial charge in [-0.15, -0.1) is 0 Å². The Morgan fingerprint density at radius 2 is 1.32 bits per heavy atom. The normalized spacial score (nSPS) is 19.9. The van der Waals surface area contributed by atoms with E-state index in [1.807, 2.05) is 0 Å². The van der Waals surface area contributed by atoms with Crippen LogP contribution >= 0.6 is 0 Å². The molecule has 0 aromatic carbocycles. The zero-order chi connectivity index (χ0) is 28.7. The molecule has 212 valence electrons. The Kier molecular flexibility index (Phi) is 15.7. The van der Waals surface area contributed by atoms with Gasteiger partial charge in [0.1, 0.15) is 0 Å². The van der Waals surface area contributed by atoms with Crippen molar-refractivity contribution in [3.05, 3.63) is 70.4 Å². The Labute approximate surface area is 232 Å². The Morgan fingerprint density at radius 3 is 1.82 bits per heavy atom. The van der Waals surface area contributed by atoms with E-state index in [9.17, 15) is 19.8 Å². The highest BCUT2D eigenvalue weighted by Gasteiger charge is 2.41. The summed E-state index contributed by atoms with van der Waals surface area (Å²) in [6.07, 6.45) is 20.4. The van der Waals surface area contributed by atoms with Gasteiger partial charge < -0.3 is 10.2 Å². The number of rotatable bonds is 17. The van der Waals surface area contributed by atoms with Crippen molar-refractivity contribution in [1.82, 2.24) is 0 Å². The third-order valence-corrected chi connectivity index (χ3v) is 7.39. The number of hydrogen-bond acceptors (Lipinski definition) is 2. The molecule has 0 heterocycles. The van der Waals surface area contributed by atoms with Crippen molar-refractivity contribution in [2.45, 2.75) is 112 Å². The molecule has 0 radical (unpaired) electrons. The van der Waals surface area contributed by atoms with Crippen molar-refractivity contribution in [2.75, 3.05) is 0 Å². The minimum absolute atomic E-state index is 0.279. The number of hydrogen-bond donors (Lipinski definition) is 2. The molecule has 4 heteroatoms. The molecule has 0 aromatic heterocycles. The van der Waals surface area contributed by atoms with Crippen LogP contribution in [-0.2, 0) is 9.59 Å². The summed E-state index contributed by atoms with van der Waals surface area (Å²) >= 11 is 0. The highest BCUT2D eigenvalue weighted by Crippen LogP contribution is 2.39. The van der Waals surface area contributed by atoms with Gasteiger partial charge in [0, 0.05) is 0 Å². The highest BCUT2D eigenvalue weighted by molar-refractivity contribution is 5.81. The maximum atomic E-state index is 12.1. The number of carboxylic acid groups (broad SMARTS) is 2. The quantitative estimate of drug-likeness (QED) is 0.186. The lowest BCUT2D eigenvalue weighted by Gasteiger charge is -2.33. The van der Waals surface area contributed by atoms with Gasteiger partial charge in [-0.3, -0.25) is 9.59 Å². The standard InChI is InChI=1S/C34H52O4/c1-24(2)12-8-14-26(5)16-10-17-28(7)20-21-30-22-29(23-31(33(35)36)32(30)34(37)38)19-11-18-27(6)15-9-13-25(3)4/h12-13,16,18,22,30-32H,7-11,14-15,17,19-21,23H2,1-6H3,(H,35,36)(H,37,38)/b26-16+,27-18+. The molecular formula is C34H52O4. The van der Waals surface area contributed by atoms with Crippen molar-refractivity contribution in [2.24, 2.45) is 17.8 Å². The molecule has 0 amide bonds. The second-order valence-corrected chi connectivity index (χ2v) is 11.6. The van der Waals surface area contributed by atoms with Crippen LogP contribution < -0.4 is 0 Å². The topological polar surface area (TPSA) is 74.6 Å². The van der Waals surface area contributed by atoms with Crippen molar-refractivity contribution in [3.8, 4) is 0 Å². The molecule has 1 aliphatic carbocycles. The predicted molar refractivity (Wildman–Crippen MR) is 160 cm³/mol. The van der Waals surface area contributed by atoms with E-state index in [1.165, 1.54) is 22.3 Å². The molecule has 0 aliphatic heterocycles. The number of aliphatic carboxylic acids is 2. The first-order valence-electron chi connectivity index (χ1n) is 14.3. The van der Waals surface area contributed by atoms with Gasteiger partial charge in [-0.05, 0) is 118 Å². The summed E-state index contributed by atoms with van der Waals surface area (Å²) in [7, 11) is 0. The maximum absolute atomic E-state index is 12.1. The van der Waals surface area contributed by atoms with Crippen LogP contribution in [0.15, 0.2) is 70.4 Å². The third kappa shape index (κ3) is 13.8. The summed E-state index contributed by atoms with van der Waals surface area (Å²) in [5.74, 6) is -4.05. The molecule has 0 saturated carbocycles. The molecule has 4 nitrogen and oxygen atoms in total. The van der Waals surface area contributed by atoms with Gasteiger partial charge in [0.05, 0.1) is 11.8 Å². The molecular weight excluding hydrogens is 472 g/mol. The second kappa shape index (κ2) is 17.8. The fourth-order valence-corrected chi connectivity index (χ4v) is 5.13. The van der Waals surface area contributed by atoms with Gasteiger partial charge >= 0.3 is 11.9 Å². The van der Waals surface area contributed by atoms with Crippen molar-refractivity contribution < 1.29 is 19.8 Å². The molecule has 1 aliphatic rings. The lowest BCUT2D eigenvalue weighted by molar-refractivity contribution is -0.156. The molecule has 2 N–H and O–H groups in total. The lowest BCUT2D eigenvalue weighted by Crippen LogP contribution is -2.38. The first-order chi connectivity index (χ1) is 17.9. The smallest absolute Gasteiger partial charge is 0.307 e. The molecule has 3 unspecified atom stereocenters. The van der Waals surface area contributed by atoms with E-state index in [-0.39, 0.29) is 5.92 Å². The van der Waals surface area contributed by atoms with Gasteiger partial charge in [0.2, 0.25) is 0 Å². The lowest BCUT2D eigenvalue weighted by atomic mass is 9.70. The van der Waals surface area contributed by atoms with E-state index in [4.69, 9.17) is 0 Å². The van der Waals surface area contributed by atoms with Crippen LogP contribution in [0.3, 0.4) is 0 Å². The zero-order valence-corrected chi connectivity index (χ0v) is 24.8. The summed E-state index contributed by atoms with van der Waals surface area (Å²) in [5, 5.41) is 19.8. The van der Waals surface area contributed by atoms with Crippen LogP contribution in [0.25, 0.3) is 0 Å². The number of allylic oxidation sites excluding steroid dienone is 11.